The molecule has 0 radical (unpaired) electrons. The van der Waals surface area contributed by atoms with Crippen LogP contribution in [0, 0.1) is 0 Å². The largest absolute Gasteiger partial charge is 0.490 e. The monoisotopic (exact) mass is 430 g/mol. The molecule has 0 bridgehead atoms. The molecule has 4 heteroatoms. The zero-order valence-electron chi connectivity index (χ0n) is 18.9. The lowest BCUT2D eigenvalue weighted by Gasteiger charge is -2.16. The van der Waals surface area contributed by atoms with Gasteiger partial charge >= 0.3 is 5.97 Å². The Balaban J connectivity index is 1.53. The normalized spacial score (nSPS) is 12.2. The predicted molar refractivity (Wildman–Crippen MR) is 129 cm³/mol. The van der Waals surface area contributed by atoms with Gasteiger partial charge in [0.05, 0.1) is 6.61 Å². The second-order valence-electron chi connectivity index (χ2n) is 7.38. The van der Waals surface area contributed by atoms with Crippen LogP contribution in [0.4, 0.5) is 0 Å². The summed E-state index contributed by atoms with van der Waals surface area (Å²) in [5.74, 6) is 1.01. The van der Waals surface area contributed by atoms with Crippen LogP contribution in [0.1, 0.15) is 32.8 Å². The zero-order chi connectivity index (χ0) is 22.8. The van der Waals surface area contributed by atoms with Crippen LogP contribution < -0.4 is 9.47 Å². The summed E-state index contributed by atoms with van der Waals surface area (Å²) in [6.07, 6.45) is 2.02. The number of hydrogen-bond acceptors (Lipinski definition) is 4. The van der Waals surface area contributed by atoms with Gasteiger partial charge in [-0.2, -0.15) is 0 Å². The summed E-state index contributed by atoms with van der Waals surface area (Å²) in [6.45, 7) is 6.57. The van der Waals surface area contributed by atoms with Gasteiger partial charge in [-0.15, -0.1) is 0 Å². The van der Waals surface area contributed by atoms with Crippen molar-refractivity contribution in [3.05, 3.63) is 90.5 Å². The van der Waals surface area contributed by atoms with Gasteiger partial charge < -0.3 is 14.2 Å². The Labute approximate surface area is 190 Å². The molecule has 0 aliphatic carbocycles. The second-order valence-corrected chi connectivity index (χ2v) is 7.38. The van der Waals surface area contributed by atoms with Gasteiger partial charge in [-0.05, 0) is 72.9 Å². The Morgan fingerprint density at radius 3 is 2.09 bits per heavy atom. The van der Waals surface area contributed by atoms with Crippen molar-refractivity contribution >= 4 is 11.5 Å². The van der Waals surface area contributed by atoms with Gasteiger partial charge in [0.25, 0.3) is 0 Å². The molecule has 0 saturated carbocycles. The minimum atomic E-state index is -0.597. The van der Waals surface area contributed by atoms with E-state index >= 15 is 0 Å². The fourth-order valence-corrected chi connectivity index (χ4v) is 3.25. The highest BCUT2D eigenvalue weighted by atomic mass is 16.6. The maximum Gasteiger partial charge on any atom is 0.347 e. The third-order valence-corrected chi connectivity index (χ3v) is 5.11. The summed E-state index contributed by atoms with van der Waals surface area (Å²) < 4.78 is 16.6. The Bertz CT molecular complexity index is 1010. The summed E-state index contributed by atoms with van der Waals surface area (Å²) in [4.78, 5) is 11.9. The van der Waals surface area contributed by atoms with E-state index in [0.717, 1.165) is 11.3 Å². The van der Waals surface area contributed by atoms with E-state index in [1.54, 1.807) is 19.1 Å². The van der Waals surface area contributed by atoms with Crippen LogP contribution in [0.3, 0.4) is 0 Å². The molecule has 4 nitrogen and oxygen atoms in total. The van der Waals surface area contributed by atoms with Crippen molar-refractivity contribution in [2.75, 3.05) is 13.2 Å². The van der Waals surface area contributed by atoms with Crippen molar-refractivity contribution in [2.24, 2.45) is 0 Å². The Morgan fingerprint density at radius 1 is 0.844 bits per heavy atom. The SMILES string of the molecule is CCOC(=O)C(CC)Oc1ccc(OC/C=C(\C)c2ccc(-c3ccccc3)cc2)cc1. The van der Waals surface area contributed by atoms with Crippen molar-refractivity contribution in [1.29, 1.82) is 0 Å². The smallest absolute Gasteiger partial charge is 0.347 e. The van der Waals surface area contributed by atoms with Gasteiger partial charge in [0.1, 0.15) is 18.1 Å². The molecule has 32 heavy (non-hydrogen) atoms. The minimum Gasteiger partial charge on any atom is -0.490 e. The molecule has 1 unspecified atom stereocenters. The van der Waals surface area contributed by atoms with Crippen LogP contribution in [0.5, 0.6) is 11.5 Å². The summed E-state index contributed by atoms with van der Waals surface area (Å²) in [7, 11) is 0. The molecular weight excluding hydrogens is 400 g/mol. The van der Waals surface area contributed by atoms with Crippen LogP contribution in [-0.2, 0) is 9.53 Å². The van der Waals surface area contributed by atoms with Gasteiger partial charge in [-0.3, -0.25) is 0 Å². The van der Waals surface area contributed by atoms with Crippen molar-refractivity contribution < 1.29 is 19.0 Å². The summed E-state index contributed by atoms with van der Waals surface area (Å²) in [5, 5.41) is 0. The Hall–Kier alpha value is -3.53. The van der Waals surface area contributed by atoms with Crippen LogP contribution >= 0.6 is 0 Å². The third kappa shape index (κ3) is 6.48. The fraction of sp³-hybridized carbons (Fsp3) is 0.250. The maximum absolute atomic E-state index is 11.9. The first-order valence-electron chi connectivity index (χ1n) is 11.0. The molecule has 0 amide bonds. The van der Waals surface area contributed by atoms with Crippen LogP contribution in [0.2, 0.25) is 0 Å². The first-order chi connectivity index (χ1) is 15.6. The first kappa shape index (κ1) is 23.1. The molecule has 0 aromatic heterocycles. The first-order valence-corrected chi connectivity index (χ1v) is 11.0. The van der Waals surface area contributed by atoms with Crippen molar-refractivity contribution in [1.82, 2.24) is 0 Å². The van der Waals surface area contributed by atoms with Crippen LogP contribution in [0.25, 0.3) is 16.7 Å². The Morgan fingerprint density at radius 2 is 1.47 bits per heavy atom. The number of hydrogen-bond donors (Lipinski definition) is 0. The molecule has 0 heterocycles. The lowest BCUT2D eigenvalue weighted by atomic mass is 10.0. The number of ether oxygens (including phenoxy) is 3. The van der Waals surface area contributed by atoms with E-state index in [4.69, 9.17) is 14.2 Å². The van der Waals surface area contributed by atoms with E-state index in [0.29, 0.717) is 25.4 Å². The highest BCUT2D eigenvalue weighted by molar-refractivity contribution is 5.75. The highest BCUT2D eigenvalue weighted by Gasteiger charge is 2.19. The van der Waals surface area contributed by atoms with Gasteiger partial charge in [0.2, 0.25) is 0 Å². The van der Waals surface area contributed by atoms with E-state index in [1.165, 1.54) is 16.7 Å². The molecule has 0 fully saturated rings. The average molecular weight is 431 g/mol. The summed E-state index contributed by atoms with van der Waals surface area (Å²) in [6, 6.07) is 26.2. The molecule has 1 atom stereocenters. The number of benzene rings is 3. The number of carbonyl (C=O) groups is 1. The van der Waals surface area contributed by atoms with Gasteiger partial charge in [0, 0.05) is 0 Å². The van der Waals surface area contributed by atoms with E-state index in [1.807, 2.05) is 37.3 Å². The summed E-state index contributed by atoms with van der Waals surface area (Å²) in [5.41, 5.74) is 4.74. The van der Waals surface area contributed by atoms with Crippen LogP contribution in [0.15, 0.2) is 84.9 Å². The number of rotatable bonds is 10. The third-order valence-electron chi connectivity index (χ3n) is 5.11. The molecule has 0 aliphatic rings. The second kappa shape index (κ2) is 11.8. The van der Waals surface area contributed by atoms with Gasteiger partial charge in [-0.25, -0.2) is 4.79 Å². The Kier molecular flexibility index (Phi) is 8.50. The molecule has 166 valence electrons. The van der Waals surface area contributed by atoms with Crippen LogP contribution in [-0.4, -0.2) is 25.3 Å². The molecule has 3 aromatic rings. The molecule has 0 spiro atoms. The fourth-order valence-electron chi connectivity index (χ4n) is 3.25. The average Bonchev–Trinajstić information content (AvgIpc) is 2.84. The molecule has 3 rings (SSSR count). The lowest BCUT2D eigenvalue weighted by Crippen LogP contribution is -2.28. The summed E-state index contributed by atoms with van der Waals surface area (Å²) >= 11 is 0. The van der Waals surface area contributed by atoms with Gasteiger partial charge in [-0.1, -0.05) is 61.5 Å². The van der Waals surface area contributed by atoms with E-state index in [9.17, 15) is 4.79 Å². The number of allylic oxidation sites excluding steroid dienone is 1. The predicted octanol–water partition coefficient (Wildman–Crippen LogP) is 6.56. The molecule has 0 N–H and O–H groups in total. The molecule has 3 aromatic carbocycles. The van der Waals surface area contributed by atoms with Gasteiger partial charge in [0.15, 0.2) is 6.10 Å². The van der Waals surface area contributed by atoms with E-state index in [2.05, 4.69) is 49.4 Å². The van der Waals surface area contributed by atoms with Crippen molar-refractivity contribution in [3.63, 3.8) is 0 Å². The van der Waals surface area contributed by atoms with Crippen molar-refractivity contribution in [3.8, 4) is 22.6 Å². The van der Waals surface area contributed by atoms with E-state index < -0.39 is 6.10 Å². The van der Waals surface area contributed by atoms with Crippen molar-refractivity contribution in [2.45, 2.75) is 33.3 Å². The topological polar surface area (TPSA) is 44.8 Å². The lowest BCUT2D eigenvalue weighted by molar-refractivity contribution is -0.151. The quantitative estimate of drug-likeness (QED) is 0.342. The highest BCUT2D eigenvalue weighted by Crippen LogP contribution is 2.23. The molecule has 0 saturated heterocycles. The molecular formula is C28H30O4. The number of esters is 1. The minimum absolute atomic E-state index is 0.340. The standard InChI is InChI=1S/C28H30O4/c1-4-27(28(29)30-5-2)32-26-17-15-25(16-18-26)31-20-19-21(3)22-11-13-24(14-12-22)23-9-7-6-8-10-23/h6-19,27H,4-5,20H2,1-3H3/b21-19+. The number of carbonyl (C=O) groups excluding carboxylic acids is 1. The zero-order valence-corrected chi connectivity index (χ0v) is 18.9. The molecule has 0 aliphatic heterocycles. The van der Waals surface area contributed by atoms with E-state index in [-0.39, 0.29) is 5.97 Å². The maximum atomic E-state index is 11.9.